The van der Waals surface area contributed by atoms with Crippen molar-refractivity contribution < 1.29 is 0 Å². The fraction of sp³-hybridized carbons (Fsp3) is 0.919. The number of nitrogens with one attached hydrogen (secondary N) is 4. The second-order valence-corrected chi connectivity index (χ2v) is 17.2. The number of piperidine rings is 2. The highest BCUT2D eigenvalue weighted by Gasteiger charge is 2.38. The molecule has 2 aliphatic heterocycles. The van der Waals surface area contributed by atoms with Crippen LogP contribution in [-0.4, -0.2) is 63.3 Å². The van der Waals surface area contributed by atoms with Gasteiger partial charge in [-0.1, -0.05) is 52.4 Å². The Morgan fingerprint density at radius 3 is 1.31 bits per heavy atom. The van der Waals surface area contributed by atoms with E-state index in [2.05, 4.69) is 95.4 Å². The summed E-state index contributed by atoms with van der Waals surface area (Å²) in [7, 11) is 0. The fourth-order valence-corrected chi connectivity index (χ4v) is 8.67. The van der Waals surface area contributed by atoms with Crippen molar-refractivity contribution in [2.24, 2.45) is 11.8 Å². The first kappa shape index (κ1) is 37.8. The summed E-state index contributed by atoms with van der Waals surface area (Å²) >= 11 is 0. The molecule has 0 atom stereocenters. The Bertz CT molecular complexity index is 898. The van der Waals surface area contributed by atoms with Crippen molar-refractivity contribution in [1.29, 1.82) is 0 Å². The number of nitrogens with zero attached hydrogens (tertiary/aromatic N) is 4. The Hall–Kier alpha value is -1.67. The summed E-state index contributed by atoms with van der Waals surface area (Å²) in [5, 5.41) is 14.8. The quantitative estimate of drug-likeness (QED) is 0.113. The third-order valence-corrected chi connectivity index (χ3v) is 9.66. The maximum Gasteiger partial charge on any atom is 0.231 e. The molecule has 0 aliphatic carbocycles. The van der Waals surface area contributed by atoms with Gasteiger partial charge in [0.05, 0.1) is 0 Å². The third kappa shape index (κ3) is 13.9. The summed E-state index contributed by atoms with van der Waals surface area (Å²) in [5.74, 6) is 3.81. The molecule has 2 saturated heterocycles. The molecule has 3 rings (SSSR count). The van der Waals surface area contributed by atoms with Gasteiger partial charge in [-0.3, -0.25) is 0 Å². The van der Waals surface area contributed by atoms with Crippen molar-refractivity contribution in [3.63, 3.8) is 0 Å². The summed E-state index contributed by atoms with van der Waals surface area (Å²) in [6.07, 6.45) is 17.0. The van der Waals surface area contributed by atoms with E-state index in [1.807, 2.05) is 0 Å². The topological polar surface area (TPSA) is 90.0 Å². The zero-order valence-electron chi connectivity index (χ0n) is 31.2. The molecule has 260 valence electrons. The molecule has 3 heterocycles. The van der Waals surface area contributed by atoms with Crippen LogP contribution in [-0.2, 0) is 0 Å². The number of unbranched alkanes of at least 4 members (excludes halogenated alkanes) is 4. The Labute approximate surface area is 277 Å². The van der Waals surface area contributed by atoms with Crippen LogP contribution in [0.15, 0.2) is 0 Å². The fourth-order valence-electron chi connectivity index (χ4n) is 8.67. The predicted molar refractivity (Wildman–Crippen MR) is 195 cm³/mol. The molecule has 0 amide bonds. The largest absolute Gasteiger partial charge is 0.354 e. The molecular formula is C37H72N8. The number of rotatable bonds is 19. The van der Waals surface area contributed by atoms with Crippen molar-refractivity contribution in [2.45, 2.75) is 181 Å². The number of anilines is 3. The van der Waals surface area contributed by atoms with Crippen LogP contribution in [0.1, 0.15) is 159 Å². The van der Waals surface area contributed by atoms with Gasteiger partial charge in [0.2, 0.25) is 17.8 Å². The van der Waals surface area contributed by atoms with Gasteiger partial charge in [0, 0.05) is 48.3 Å². The average Bonchev–Trinajstić information content (AvgIpc) is 2.89. The van der Waals surface area contributed by atoms with Crippen LogP contribution in [0.2, 0.25) is 0 Å². The van der Waals surface area contributed by atoms with Gasteiger partial charge in [0.15, 0.2) is 0 Å². The lowest BCUT2D eigenvalue weighted by Crippen LogP contribution is -2.57. The monoisotopic (exact) mass is 629 g/mol. The van der Waals surface area contributed by atoms with Crippen molar-refractivity contribution in [1.82, 2.24) is 25.6 Å². The highest BCUT2D eigenvalue weighted by molar-refractivity contribution is 5.43. The minimum absolute atomic E-state index is 0.220. The van der Waals surface area contributed by atoms with Crippen molar-refractivity contribution in [3.05, 3.63) is 0 Å². The SMILES string of the molecule is CCCCN(CCCC)c1nc(NCCCCC2CC(C)(C)NC(C)(C)C2)nc(NCCCCC2CC(C)(C)NC(C)(C)C2)n1. The maximum absolute atomic E-state index is 4.94. The maximum atomic E-state index is 4.94. The highest BCUT2D eigenvalue weighted by Crippen LogP contribution is 2.36. The van der Waals surface area contributed by atoms with Gasteiger partial charge in [0.1, 0.15) is 0 Å². The van der Waals surface area contributed by atoms with Gasteiger partial charge in [-0.25, -0.2) is 0 Å². The van der Waals surface area contributed by atoms with E-state index in [0.29, 0.717) is 11.9 Å². The molecule has 8 nitrogen and oxygen atoms in total. The Morgan fingerprint density at radius 2 is 0.956 bits per heavy atom. The van der Waals surface area contributed by atoms with Crippen molar-refractivity contribution in [3.8, 4) is 0 Å². The normalized spacial score (nSPS) is 21.0. The molecule has 1 aromatic heterocycles. The number of hydrogen-bond donors (Lipinski definition) is 4. The van der Waals surface area contributed by atoms with Crippen LogP contribution in [0, 0.1) is 11.8 Å². The highest BCUT2D eigenvalue weighted by atomic mass is 15.3. The van der Waals surface area contributed by atoms with Gasteiger partial charge >= 0.3 is 0 Å². The van der Waals surface area contributed by atoms with Crippen molar-refractivity contribution >= 4 is 17.8 Å². The molecule has 4 N–H and O–H groups in total. The summed E-state index contributed by atoms with van der Waals surface area (Å²) in [4.78, 5) is 17.1. The van der Waals surface area contributed by atoms with Crippen LogP contribution in [0.25, 0.3) is 0 Å². The molecule has 0 spiro atoms. The van der Waals surface area contributed by atoms with Crippen LogP contribution < -0.4 is 26.2 Å². The first-order chi connectivity index (χ1) is 21.1. The molecule has 1 aromatic rings. The molecule has 0 aromatic carbocycles. The Balaban J connectivity index is 1.55. The summed E-state index contributed by atoms with van der Waals surface area (Å²) in [6.45, 7) is 27.1. The molecule has 8 heteroatoms. The minimum Gasteiger partial charge on any atom is -0.354 e. The summed E-state index contributed by atoms with van der Waals surface area (Å²) < 4.78 is 0. The van der Waals surface area contributed by atoms with Crippen LogP contribution in [0.3, 0.4) is 0 Å². The van der Waals surface area contributed by atoms with E-state index in [0.717, 1.165) is 69.6 Å². The lowest BCUT2D eigenvalue weighted by Gasteiger charge is -2.46. The second kappa shape index (κ2) is 16.9. The van der Waals surface area contributed by atoms with E-state index in [-0.39, 0.29) is 22.2 Å². The van der Waals surface area contributed by atoms with E-state index in [1.54, 1.807) is 0 Å². The van der Waals surface area contributed by atoms with E-state index >= 15 is 0 Å². The summed E-state index contributed by atoms with van der Waals surface area (Å²) in [5.41, 5.74) is 0.881. The van der Waals surface area contributed by atoms with Gasteiger partial charge in [-0.05, 0) is 119 Å². The smallest absolute Gasteiger partial charge is 0.231 e. The lowest BCUT2D eigenvalue weighted by atomic mass is 9.74. The molecular weight excluding hydrogens is 556 g/mol. The lowest BCUT2D eigenvalue weighted by molar-refractivity contribution is 0.121. The van der Waals surface area contributed by atoms with E-state index in [4.69, 9.17) is 15.0 Å². The zero-order valence-corrected chi connectivity index (χ0v) is 31.2. The molecule has 0 bridgehead atoms. The second-order valence-electron chi connectivity index (χ2n) is 17.2. The predicted octanol–water partition coefficient (Wildman–Crippen LogP) is 8.56. The van der Waals surface area contributed by atoms with Gasteiger partial charge < -0.3 is 26.2 Å². The van der Waals surface area contributed by atoms with Gasteiger partial charge in [0.25, 0.3) is 0 Å². The van der Waals surface area contributed by atoms with Gasteiger partial charge in [-0.2, -0.15) is 15.0 Å². The van der Waals surface area contributed by atoms with Crippen LogP contribution in [0.5, 0.6) is 0 Å². The van der Waals surface area contributed by atoms with E-state index < -0.39 is 0 Å². The van der Waals surface area contributed by atoms with E-state index in [1.165, 1.54) is 64.2 Å². The molecule has 0 radical (unpaired) electrons. The molecule has 45 heavy (non-hydrogen) atoms. The average molecular weight is 629 g/mol. The Kier molecular flexibility index (Phi) is 14.2. The molecule has 0 saturated carbocycles. The third-order valence-electron chi connectivity index (χ3n) is 9.66. The van der Waals surface area contributed by atoms with Crippen LogP contribution in [0.4, 0.5) is 17.8 Å². The van der Waals surface area contributed by atoms with Crippen LogP contribution >= 0.6 is 0 Å². The Morgan fingerprint density at radius 1 is 0.578 bits per heavy atom. The minimum atomic E-state index is 0.220. The molecule has 0 unspecified atom stereocenters. The first-order valence-corrected chi connectivity index (χ1v) is 18.7. The summed E-state index contributed by atoms with van der Waals surface area (Å²) in [6, 6.07) is 0. The molecule has 2 fully saturated rings. The van der Waals surface area contributed by atoms with Gasteiger partial charge in [-0.15, -0.1) is 0 Å². The first-order valence-electron chi connectivity index (χ1n) is 18.7. The number of aromatic nitrogens is 3. The number of hydrogen-bond acceptors (Lipinski definition) is 8. The van der Waals surface area contributed by atoms with E-state index in [9.17, 15) is 0 Å². The zero-order chi connectivity index (χ0) is 33.1. The molecule has 2 aliphatic rings. The standard InChI is InChI=1S/C37H72N8/c1-11-13-23-45(24-14-12-2)33-41-31(38-21-17-15-19-29-25-34(3,4)43-35(5,6)26-29)40-32(42-33)39-22-18-16-20-30-27-36(7,8)44-37(9,10)28-30/h29-30,43-44H,11-28H2,1-10H3,(H2,38,39,40,41,42). The van der Waals surface area contributed by atoms with Crippen molar-refractivity contribution in [2.75, 3.05) is 41.7 Å².